The van der Waals surface area contributed by atoms with Crippen molar-refractivity contribution < 1.29 is 14.6 Å². The van der Waals surface area contributed by atoms with Crippen molar-refractivity contribution in [2.45, 2.75) is 24.3 Å². The molecule has 1 aliphatic rings. The number of benzene rings is 2. The van der Waals surface area contributed by atoms with Gasteiger partial charge in [0, 0.05) is 16.8 Å². The third-order valence-electron chi connectivity index (χ3n) is 5.35. The van der Waals surface area contributed by atoms with Gasteiger partial charge in [-0.1, -0.05) is 35.9 Å². The monoisotopic (exact) mass is 382 g/mol. The molecule has 27 heavy (non-hydrogen) atoms. The number of halogens is 1. The van der Waals surface area contributed by atoms with Crippen molar-refractivity contribution in [3.63, 3.8) is 0 Å². The summed E-state index contributed by atoms with van der Waals surface area (Å²) in [5, 5.41) is 15.0. The molecule has 0 bridgehead atoms. The van der Waals surface area contributed by atoms with Gasteiger partial charge < -0.3 is 9.84 Å². The first kappa shape index (κ1) is 17.6. The Balaban J connectivity index is 1.58. The summed E-state index contributed by atoms with van der Waals surface area (Å²) >= 11 is 5.94. The van der Waals surface area contributed by atoms with E-state index in [1.54, 1.807) is 18.0 Å². The highest BCUT2D eigenvalue weighted by molar-refractivity contribution is 6.30. The second kappa shape index (κ2) is 6.74. The van der Waals surface area contributed by atoms with Gasteiger partial charge in [-0.05, 0) is 54.2 Å². The summed E-state index contributed by atoms with van der Waals surface area (Å²) < 4.78 is 6.78. The maximum Gasteiger partial charge on any atom is 0.331 e. The Labute approximate surface area is 162 Å². The molecule has 0 amide bonds. The van der Waals surface area contributed by atoms with E-state index < -0.39 is 11.5 Å². The minimum atomic E-state index is -1.00. The van der Waals surface area contributed by atoms with Gasteiger partial charge in [0.25, 0.3) is 0 Å². The summed E-state index contributed by atoms with van der Waals surface area (Å²) in [6.45, 7) is 0. The molecule has 6 heteroatoms. The minimum Gasteiger partial charge on any atom is -0.497 e. The van der Waals surface area contributed by atoms with E-state index in [0.29, 0.717) is 17.9 Å². The smallest absolute Gasteiger partial charge is 0.331 e. The summed E-state index contributed by atoms with van der Waals surface area (Å²) in [6.07, 6.45) is 4.54. The minimum absolute atomic E-state index is 0.187. The lowest BCUT2D eigenvalue weighted by Gasteiger charge is -2.44. The Hall–Kier alpha value is -2.79. The normalized spacial score (nSPS) is 21.5. The number of methoxy groups -OCH3 is 1. The predicted octanol–water partition coefficient (Wildman–Crippen LogP) is 4.57. The van der Waals surface area contributed by atoms with Crippen LogP contribution in [0.3, 0.4) is 0 Å². The van der Waals surface area contributed by atoms with Crippen LogP contribution in [0.1, 0.15) is 24.3 Å². The standard InChI is InChI=1S/C21H19ClN2O3/c1-27-19-8-4-15(5-9-19)17-12-23-24(13-17)21(20(25)26)10-16(11-21)14-2-6-18(22)7-3-14/h2-9,12-13,16H,10-11H2,1H3,(H,25,26). The number of hydrogen-bond donors (Lipinski definition) is 1. The Morgan fingerprint density at radius 3 is 2.41 bits per heavy atom. The zero-order valence-electron chi connectivity index (χ0n) is 14.8. The molecule has 0 saturated heterocycles. The number of hydrogen-bond acceptors (Lipinski definition) is 3. The number of carbonyl (C=O) groups is 1. The van der Waals surface area contributed by atoms with Crippen LogP contribution < -0.4 is 4.74 Å². The van der Waals surface area contributed by atoms with Crippen molar-refractivity contribution in [1.29, 1.82) is 0 Å². The van der Waals surface area contributed by atoms with Gasteiger partial charge >= 0.3 is 5.97 Å². The molecule has 0 aliphatic heterocycles. The topological polar surface area (TPSA) is 64.4 Å². The first-order chi connectivity index (χ1) is 13.0. The van der Waals surface area contributed by atoms with Crippen LogP contribution in [0.2, 0.25) is 5.02 Å². The molecule has 1 N–H and O–H groups in total. The highest BCUT2D eigenvalue weighted by atomic mass is 35.5. The van der Waals surface area contributed by atoms with Gasteiger partial charge in [0.05, 0.1) is 13.3 Å². The molecule has 1 aliphatic carbocycles. The van der Waals surface area contributed by atoms with Gasteiger partial charge in [0.1, 0.15) is 5.75 Å². The Kier molecular flexibility index (Phi) is 4.40. The van der Waals surface area contributed by atoms with E-state index in [0.717, 1.165) is 22.4 Å². The van der Waals surface area contributed by atoms with E-state index >= 15 is 0 Å². The molecular weight excluding hydrogens is 364 g/mol. The molecule has 0 radical (unpaired) electrons. The van der Waals surface area contributed by atoms with Crippen LogP contribution in [0, 0.1) is 0 Å². The average molecular weight is 383 g/mol. The molecule has 1 aromatic heterocycles. The van der Waals surface area contributed by atoms with Crippen molar-refractivity contribution in [3.05, 3.63) is 71.5 Å². The van der Waals surface area contributed by atoms with E-state index in [1.807, 2.05) is 54.7 Å². The van der Waals surface area contributed by atoms with Gasteiger partial charge in [0.2, 0.25) is 0 Å². The summed E-state index contributed by atoms with van der Waals surface area (Å²) in [5.74, 6) is 0.113. The number of rotatable bonds is 5. The lowest BCUT2D eigenvalue weighted by molar-refractivity contribution is -0.154. The quantitative estimate of drug-likeness (QED) is 0.702. The van der Waals surface area contributed by atoms with Crippen LogP contribution in [0.4, 0.5) is 0 Å². The van der Waals surface area contributed by atoms with E-state index in [2.05, 4.69) is 5.10 Å². The van der Waals surface area contributed by atoms with Crippen LogP contribution >= 0.6 is 11.6 Å². The predicted molar refractivity (Wildman–Crippen MR) is 103 cm³/mol. The van der Waals surface area contributed by atoms with Gasteiger partial charge in [-0.25, -0.2) is 4.79 Å². The molecule has 5 nitrogen and oxygen atoms in total. The molecule has 3 aromatic rings. The molecular formula is C21H19ClN2O3. The summed E-state index contributed by atoms with van der Waals surface area (Å²) in [4.78, 5) is 12.1. The van der Waals surface area contributed by atoms with Gasteiger partial charge in [0.15, 0.2) is 5.54 Å². The number of carboxylic acid groups (broad SMARTS) is 1. The Morgan fingerprint density at radius 2 is 1.81 bits per heavy atom. The Bertz CT molecular complexity index is 958. The fourth-order valence-corrected chi connectivity index (χ4v) is 3.80. The summed E-state index contributed by atoms with van der Waals surface area (Å²) in [7, 11) is 1.62. The lowest BCUT2D eigenvalue weighted by atomic mass is 9.65. The second-order valence-corrected chi connectivity index (χ2v) is 7.33. The van der Waals surface area contributed by atoms with E-state index in [-0.39, 0.29) is 5.92 Å². The first-order valence-corrected chi connectivity index (χ1v) is 9.08. The molecule has 1 saturated carbocycles. The highest BCUT2D eigenvalue weighted by Crippen LogP contribution is 2.50. The van der Waals surface area contributed by atoms with Gasteiger partial charge in [-0.2, -0.15) is 5.10 Å². The molecule has 0 spiro atoms. The number of ether oxygens (including phenoxy) is 1. The third kappa shape index (κ3) is 3.08. The molecule has 1 fully saturated rings. The highest BCUT2D eigenvalue weighted by Gasteiger charge is 2.53. The van der Waals surface area contributed by atoms with E-state index in [9.17, 15) is 9.90 Å². The van der Waals surface area contributed by atoms with Crippen LogP contribution in [-0.4, -0.2) is 28.0 Å². The third-order valence-corrected chi connectivity index (χ3v) is 5.60. The fourth-order valence-electron chi connectivity index (χ4n) is 3.68. The number of aliphatic carboxylic acids is 1. The van der Waals surface area contributed by atoms with Crippen molar-refractivity contribution in [2.75, 3.05) is 7.11 Å². The van der Waals surface area contributed by atoms with E-state index in [4.69, 9.17) is 16.3 Å². The van der Waals surface area contributed by atoms with Gasteiger partial charge in [-0.15, -0.1) is 0 Å². The Morgan fingerprint density at radius 1 is 1.15 bits per heavy atom. The van der Waals surface area contributed by atoms with Crippen LogP contribution in [0.5, 0.6) is 5.75 Å². The number of nitrogens with zero attached hydrogens (tertiary/aromatic N) is 2. The molecule has 138 valence electrons. The summed E-state index contributed by atoms with van der Waals surface area (Å²) in [5.41, 5.74) is 1.96. The van der Waals surface area contributed by atoms with Crippen molar-refractivity contribution in [1.82, 2.24) is 9.78 Å². The van der Waals surface area contributed by atoms with Crippen molar-refractivity contribution in [3.8, 4) is 16.9 Å². The van der Waals surface area contributed by atoms with Crippen LogP contribution in [0.25, 0.3) is 11.1 Å². The summed E-state index contributed by atoms with van der Waals surface area (Å²) in [6, 6.07) is 15.2. The van der Waals surface area contributed by atoms with Gasteiger partial charge in [-0.3, -0.25) is 4.68 Å². The van der Waals surface area contributed by atoms with Crippen LogP contribution in [-0.2, 0) is 10.3 Å². The number of carboxylic acids is 1. The largest absolute Gasteiger partial charge is 0.497 e. The molecule has 2 aromatic carbocycles. The number of aromatic nitrogens is 2. The SMILES string of the molecule is COc1ccc(-c2cnn(C3(C(=O)O)CC(c4ccc(Cl)cc4)C3)c2)cc1. The molecule has 0 atom stereocenters. The second-order valence-electron chi connectivity index (χ2n) is 6.90. The van der Waals surface area contributed by atoms with Crippen LogP contribution in [0.15, 0.2) is 60.9 Å². The van der Waals surface area contributed by atoms with Crippen molar-refractivity contribution >= 4 is 17.6 Å². The lowest BCUT2D eigenvalue weighted by Crippen LogP contribution is -2.51. The maximum absolute atomic E-state index is 12.1. The molecule has 0 unspecified atom stereocenters. The first-order valence-electron chi connectivity index (χ1n) is 8.70. The molecule has 1 heterocycles. The fraction of sp³-hybridized carbons (Fsp3) is 0.238. The van der Waals surface area contributed by atoms with Crippen molar-refractivity contribution in [2.24, 2.45) is 0 Å². The molecule has 4 rings (SSSR count). The van der Waals surface area contributed by atoms with E-state index in [1.165, 1.54) is 0 Å². The maximum atomic E-state index is 12.1. The zero-order chi connectivity index (χ0) is 19.0. The average Bonchev–Trinajstić information content (AvgIpc) is 3.12. The zero-order valence-corrected chi connectivity index (χ0v) is 15.6.